The minimum Gasteiger partial charge on any atom is -0.463 e. The Bertz CT molecular complexity index is 265. The van der Waals surface area contributed by atoms with Crippen molar-refractivity contribution < 1.29 is 33.6 Å². The van der Waals surface area contributed by atoms with E-state index in [1.807, 2.05) is 0 Å². The fraction of sp³-hybridized carbons (Fsp3) is 0.846. The van der Waals surface area contributed by atoms with Crippen molar-refractivity contribution in [2.45, 2.75) is 32.8 Å². The molecule has 0 spiro atoms. The highest BCUT2D eigenvalue weighted by molar-refractivity contribution is 5.77. The largest absolute Gasteiger partial charge is 0.463 e. The Morgan fingerprint density at radius 1 is 0.900 bits per heavy atom. The average molecular weight is 292 g/mol. The number of rotatable bonds is 12. The molecule has 0 rings (SSSR count). The van der Waals surface area contributed by atoms with Gasteiger partial charge in [0.25, 0.3) is 0 Å². The molecule has 0 saturated carbocycles. The zero-order chi connectivity index (χ0) is 15.2. The van der Waals surface area contributed by atoms with E-state index in [1.165, 1.54) is 0 Å². The van der Waals surface area contributed by atoms with Crippen LogP contribution >= 0.6 is 0 Å². The number of ether oxygens (including phenoxy) is 4. The van der Waals surface area contributed by atoms with Crippen molar-refractivity contribution in [3.63, 3.8) is 0 Å². The van der Waals surface area contributed by atoms with Gasteiger partial charge in [-0.05, 0) is 13.8 Å². The van der Waals surface area contributed by atoms with E-state index < -0.39 is 11.9 Å². The lowest BCUT2D eigenvalue weighted by Gasteiger charge is -2.08. The fourth-order valence-electron chi connectivity index (χ4n) is 1.20. The minimum atomic E-state index is -0.453. The first kappa shape index (κ1) is 18.8. The predicted molar refractivity (Wildman–Crippen MR) is 70.1 cm³/mol. The van der Waals surface area contributed by atoms with Crippen molar-refractivity contribution in [1.82, 2.24) is 0 Å². The smallest absolute Gasteiger partial charge is 0.306 e. The third-order valence-electron chi connectivity index (χ3n) is 2.00. The van der Waals surface area contributed by atoms with E-state index >= 15 is 0 Å². The second-order valence-electron chi connectivity index (χ2n) is 4.21. The van der Waals surface area contributed by atoms with Crippen LogP contribution in [0, 0.1) is 0 Å². The van der Waals surface area contributed by atoms with Crippen LogP contribution in [-0.4, -0.2) is 62.8 Å². The highest BCUT2D eigenvalue weighted by Gasteiger charge is 2.10. The first-order chi connectivity index (χ1) is 9.56. The molecule has 0 bridgehead atoms. The summed E-state index contributed by atoms with van der Waals surface area (Å²) in [4.78, 5) is 22.4. The van der Waals surface area contributed by atoms with E-state index in [1.54, 1.807) is 13.8 Å². The molecule has 0 aromatic carbocycles. The van der Waals surface area contributed by atoms with Crippen LogP contribution in [0.15, 0.2) is 0 Å². The van der Waals surface area contributed by atoms with E-state index in [4.69, 9.17) is 24.1 Å². The van der Waals surface area contributed by atoms with Crippen molar-refractivity contribution in [2.24, 2.45) is 0 Å². The monoisotopic (exact) mass is 292 g/mol. The summed E-state index contributed by atoms with van der Waals surface area (Å²) < 4.78 is 19.9. The third kappa shape index (κ3) is 13.3. The van der Waals surface area contributed by atoms with Crippen LogP contribution in [0.25, 0.3) is 0 Å². The summed E-state index contributed by atoms with van der Waals surface area (Å²) >= 11 is 0. The molecule has 0 amide bonds. The van der Waals surface area contributed by atoms with E-state index in [9.17, 15) is 9.59 Å². The van der Waals surface area contributed by atoms with Crippen LogP contribution in [0.3, 0.4) is 0 Å². The minimum absolute atomic E-state index is 0.00512. The average Bonchev–Trinajstić information content (AvgIpc) is 2.38. The molecule has 0 aliphatic heterocycles. The van der Waals surface area contributed by atoms with Gasteiger partial charge in [0.1, 0.15) is 6.61 Å². The molecule has 0 aromatic heterocycles. The van der Waals surface area contributed by atoms with Crippen molar-refractivity contribution in [3.05, 3.63) is 0 Å². The summed E-state index contributed by atoms with van der Waals surface area (Å²) in [5.41, 5.74) is 0. The number of hydrogen-bond donors (Lipinski definition) is 1. The Labute approximate surface area is 119 Å². The summed E-state index contributed by atoms with van der Waals surface area (Å²) in [6.07, 6.45) is -0.155. The van der Waals surface area contributed by atoms with Gasteiger partial charge in [0, 0.05) is 0 Å². The quantitative estimate of drug-likeness (QED) is 0.408. The Kier molecular flexibility index (Phi) is 12.1. The predicted octanol–water partition coefficient (Wildman–Crippen LogP) is 0.287. The number of aliphatic hydroxyl groups excluding tert-OH is 1. The van der Waals surface area contributed by atoms with Gasteiger partial charge in [-0.2, -0.15) is 0 Å². The van der Waals surface area contributed by atoms with Gasteiger partial charge < -0.3 is 24.1 Å². The van der Waals surface area contributed by atoms with Gasteiger partial charge in [0.05, 0.1) is 52.0 Å². The zero-order valence-corrected chi connectivity index (χ0v) is 12.1. The maximum absolute atomic E-state index is 11.3. The number of carbonyl (C=O) groups is 2. The summed E-state index contributed by atoms with van der Waals surface area (Å²) in [7, 11) is 0. The van der Waals surface area contributed by atoms with Gasteiger partial charge in [-0.3, -0.25) is 9.59 Å². The Morgan fingerprint density at radius 2 is 1.45 bits per heavy atom. The zero-order valence-electron chi connectivity index (χ0n) is 12.1. The number of carbonyl (C=O) groups excluding carboxylic acids is 2. The molecule has 7 heteroatoms. The third-order valence-corrected chi connectivity index (χ3v) is 2.00. The molecule has 0 unspecified atom stereocenters. The summed E-state index contributed by atoms with van der Waals surface area (Å²) in [6.45, 7) is 4.92. The molecule has 7 nitrogen and oxygen atoms in total. The highest BCUT2D eigenvalue weighted by atomic mass is 16.6. The summed E-state index contributed by atoms with van der Waals surface area (Å²) in [6, 6.07) is 0. The first-order valence-corrected chi connectivity index (χ1v) is 6.67. The number of esters is 2. The summed E-state index contributed by atoms with van der Waals surface area (Å²) in [5.74, 6) is -0.861. The lowest BCUT2D eigenvalue weighted by Crippen LogP contribution is -2.16. The number of hydrogen-bond acceptors (Lipinski definition) is 7. The van der Waals surface area contributed by atoms with Gasteiger partial charge in [-0.15, -0.1) is 0 Å². The molecule has 118 valence electrons. The molecule has 0 saturated heterocycles. The normalized spacial score (nSPS) is 10.6. The van der Waals surface area contributed by atoms with Gasteiger partial charge in [0.2, 0.25) is 0 Å². The Hall–Kier alpha value is -1.18. The van der Waals surface area contributed by atoms with Crippen LogP contribution in [0.1, 0.15) is 26.7 Å². The summed E-state index contributed by atoms with van der Waals surface area (Å²) in [5, 5.41) is 8.45. The molecule has 0 fully saturated rings. The van der Waals surface area contributed by atoms with Gasteiger partial charge in [0.15, 0.2) is 0 Å². The molecular weight excluding hydrogens is 268 g/mol. The van der Waals surface area contributed by atoms with Crippen molar-refractivity contribution in [3.8, 4) is 0 Å². The molecule has 1 N–H and O–H groups in total. The second-order valence-corrected chi connectivity index (χ2v) is 4.21. The lowest BCUT2D eigenvalue weighted by molar-refractivity contribution is -0.153. The SMILES string of the molecule is CC(C)OC(=O)CCC(=O)OCCOCCOCCO. The number of aliphatic hydroxyl groups is 1. The highest BCUT2D eigenvalue weighted by Crippen LogP contribution is 1.98. The molecule has 0 heterocycles. The standard InChI is InChI=1S/C13H24O7/c1-11(2)20-13(16)4-3-12(15)19-10-9-18-8-7-17-6-5-14/h11,14H,3-10H2,1-2H3. The van der Waals surface area contributed by atoms with Crippen molar-refractivity contribution in [1.29, 1.82) is 0 Å². The molecule has 0 aliphatic carbocycles. The van der Waals surface area contributed by atoms with Crippen LogP contribution in [-0.2, 0) is 28.5 Å². The Morgan fingerprint density at radius 3 is 2.05 bits per heavy atom. The molecule has 0 aromatic rings. The topological polar surface area (TPSA) is 91.3 Å². The van der Waals surface area contributed by atoms with Gasteiger partial charge in [-0.1, -0.05) is 0 Å². The molecule has 0 atom stereocenters. The fourth-order valence-corrected chi connectivity index (χ4v) is 1.20. The van der Waals surface area contributed by atoms with Crippen molar-refractivity contribution in [2.75, 3.05) is 39.6 Å². The van der Waals surface area contributed by atoms with E-state index in [0.29, 0.717) is 13.2 Å². The van der Waals surface area contributed by atoms with Crippen LogP contribution in [0.5, 0.6) is 0 Å². The molecule has 0 radical (unpaired) electrons. The van der Waals surface area contributed by atoms with Crippen LogP contribution in [0.4, 0.5) is 0 Å². The van der Waals surface area contributed by atoms with E-state index in [2.05, 4.69) is 0 Å². The second kappa shape index (κ2) is 12.8. The molecule has 0 aliphatic rings. The van der Waals surface area contributed by atoms with E-state index in [0.717, 1.165) is 0 Å². The van der Waals surface area contributed by atoms with Crippen molar-refractivity contribution >= 4 is 11.9 Å². The van der Waals surface area contributed by atoms with Crippen LogP contribution in [0.2, 0.25) is 0 Å². The Balaban J connectivity index is 3.34. The van der Waals surface area contributed by atoms with Gasteiger partial charge >= 0.3 is 11.9 Å². The van der Waals surface area contributed by atoms with E-state index in [-0.39, 0.29) is 45.4 Å². The lowest BCUT2D eigenvalue weighted by atomic mass is 10.3. The molecule has 20 heavy (non-hydrogen) atoms. The molecular formula is C13H24O7. The van der Waals surface area contributed by atoms with Crippen LogP contribution < -0.4 is 0 Å². The van der Waals surface area contributed by atoms with Gasteiger partial charge in [-0.25, -0.2) is 0 Å². The maximum Gasteiger partial charge on any atom is 0.306 e. The maximum atomic E-state index is 11.3. The first-order valence-electron chi connectivity index (χ1n) is 6.67.